The minimum absolute atomic E-state index is 0.199. The van der Waals surface area contributed by atoms with Gasteiger partial charge in [-0.1, -0.05) is 44.9 Å². The molecule has 0 spiro atoms. The molecule has 1 unspecified atom stereocenters. The van der Waals surface area contributed by atoms with E-state index in [9.17, 15) is 0 Å². The van der Waals surface area contributed by atoms with Gasteiger partial charge in [-0.2, -0.15) is 0 Å². The number of hydrogen-bond donors (Lipinski definition) is 2. The van der Waals surface area contributed by atoms with E-state index in [2.05, 4.69) is 30.2 Å². The number of fused-ring (bicyclic) bond motifs is 1. The quantitative estimate of drug-likeness (QED) is 0.641. The van der Waals surface area contributed by atoms with Gasteiger partial charge < -0.3 is 15.8 Å². The number of guanidine groups is 1. The van der Waals surface area contributed by atoms with Crippen molar-refractivity contribution < 1.29 is 4.74 Å². The van der Waals surface area contributed by atoms with Crippen molar-refractivity contribution in [3.63, 3.8) is 0 Å². The van der Waals surface area contributed by atoms with Gasteiger partial charge in [-0.25, -0.2) is 0 Å². The molecule has 0 aromatic heterocycles. The minimum atomic E-state index is 0.199. The van der Waals surface area contributed by atoms with Gasteiger partial charge in [-0.3, -0.25) is 4.99 Å². The van der Waals surface area contributed by atoms with Crippen LogP contribution in [0.15, 0.2) is 29.3 Å². The zero-order valence-electron chi connectivity index (χ0n) is 12.4. The fourth-order valence-electron chi connectivity index (χ4n) is 2.49. The molecule has 1 aliphatic rings. The van der Waals surface area contributed by atoms with Crippen LogP contribution in [0.5, 0.6) is 5.75 Å². The summed E-state index contributed by atoms with van der Waals surface area (Å²) >= 11 is 0. The molecule has 0 fully saturated rings. The summed E-state index contributed by atoms with van der Waals surface area (Å²) in [6.07, 6.45) is 3.21. The normalized spacial score (nSPS) is 18.6. The van der Waals surface area contributed by atoms with Crippen molar-refractivity contribution in [2.45, 2.75) is 39.2 Å². The van der Waals surface area contributed by atoms with Crippen molar-refractivity contribution >= 4 is 5.96 Å². The van der Waals surface area contributed by atoms with Gasteiger partial charge in [-0.15, -0.1) is 0 Å². The Morgan fingerprint density at radius 1 is 1.40 bits per heavy atom. The Hall–Kier alpha value is -1.71. The Kier molecular flexibility index (Phi) is 5.27. The molecule has 0 amide bonds. The molecule has 3 N–H and O–H groups in total. The lowest BCUT2D eigenvalue weighted by atomic mass is 10.0. The summed E-state index contributed by atoms with van der Waals surface area (Å²) in [5.41, 5.74) is 7.18. The number of aliphatic imine (C=N–C) groups is 1. The van der Waals surface area contributed by atoms with Crippen LogP contribution in [-0.2, 0) is 0 Å². The first-order valence-corrected chi connectivity index (χ1v) is 7.52. The van der Waals surface area contributed by atoms with Gasteiger partial charge in [0.1, 0.15) is 5.75 Å². The average molecular weight is 275 g/mol. The molecule has 4 nitrogen and oxygen atoms in total. The van der Waals surface area contributed by atoms with Gasteiger partial charge in [0.25, 0.3) is 0 Å². The number of benzene rings is 1. The maximum Gasteiger partial charge on any atom is 0.189 e. The second-order valence-corrected chi connectivity index (χ2v) is 5.28. The topological polar surface area (TPSA) is 59.6 Å². The van der Waals surface area contributed by atoms with E-state index in [0.29, 0.717) is 18.5 Å². The predicted octanol–water partition coefficient (Wildman–Crippen LogP) is 2.85. The van der Waals surface area contributed by atoms with Crippen LogP contribution in [0.1, 0.15) is 44.7 Å². The van der Waals surface area contributed by atoms with E-state index in [1.54, 1.807) is 0 Å². The Labute approximate surface area is 121 Å². The number of nitrogens with one attached hydrogen (secondary N) is 1. The van der Waals surface area contributed by atoms with Crippen molar-refractivity contribution in [1.82, 2.24) is 5.32 Å². The summed E-state index contributed by atoms with van der Waals surface area (Å²) in [7, 11) is 0. The first kappa shape index (κ1) is 14.7. The molecule has 20 heavy (non-hydrogen) atoms. The van der Waals surface area contributed by atoms with Gasteiger partial charge in [0, 0.05) is 18.5 Å². The molecule has 1 aromatic rings. The molecule has 2 rings (SSSR count). The molecule has 1 aliphatic heterocycles. The van der Waals surface area contributed by atoms with Crippen LogP contribution in [0.25, 0.3) is 0 Å². The first-order valence-electron chi connectivity index (χ1n) is 7.52. The van der Waals surface area contributed by atoms with E-state index in [1.165, 1.54) is 5.56 Å². The molecule has 1 atom stereocenters. The second kappa shape index (κ2) is 7.17. The van der Waals surface area contributed by atoms with Crippen LogP contribution in [0.2, 0.25) is 0 Å². The Morgan fingerprint density at radius 2 is 2.15 bits per heavy atom. The van der Waals surface area contributed by atoms with Crippen molar-refractivity contribution in [2.24, 2.45) is 16.6 Å². The fourth-order valence-corrected chi connectivity index (χ4v) is 2.49. The summed E-state index contributed by atoms with van der Waals surface area (Å²) < 4.78 is 5.65. The van der Waals surface area contributed by atoms with Crippen LogP contribution < -0.4 is 15.8 Å². The third kappa shape index (κ3) is 3.65. The van der Waals surface area contributed by atoms with Crippen LogP contribution in [0.3, 0.4) is 0 Å². The monoisotopic (exact) mass is 275 g/mol. The molecular weight excluding hydrogens is 250 g/mol. The van der Waals surface area contributed by atoms with Crippen LogP contribution in [-0.4, -0.2) is 19.1 Å². The van der Waals surface area contributed by atoms with E-state index >= 15 is 0 Å². The highest BCUT2D eigenvalue weighted by Gasteiger charge is 2.21. The van der Waals surface area contributed by atoms with Crippen molar-refractivity contribution in [1.29, 1.82) is 0 Å². The summed E-state index contributed by atoms with van der Waals surface area (Å²) in [5, 5.41) is 3.33. The standard InChI is InChI=1S/C16H25N3O/c1-3-12(4-2)11-18-16(17)19-14-9-10-20-15-8-6-5-7-13(14)15/h5-8,12,14H,3-4,9-11H2,1-2H3,(H3,17,18,19). The number of rotatable bonds is 5. The number of nitrogens with zero attached hydrogens (tertiary/aromatic N) is 1. The van der Waals surface area contributed by atoms with Gasteiger partial charge in [0.2, 0.25) is 0 Å². The highest BCUT2D eigenvalue weighted by molar-refractivity contribution is 5.78. The van der Waals surface area contributed by atoms with Crippen molar-refractivity contribution in [2.75, 3.05) is 13.2 Å². The Balaban J connectivity index is 1.98. The lowest BCUT2D eigenvalue weighted by Crippen LogP contribution is -2.37. The number of hydrogen-bond acceptors (Lipinski definition) is 2. The Morgan fingerprint density at radius 3 is 2.90 bits per heavy atom. The number of nitrogens with two attached hydrogens (primary N) is 1. The van der Waals surface area contributed by atoms with Gasteiger partial charge in [-0.05, 0) is 12.0 Å². The van der Waals surface area contributed by atoms with Crippen molar-refractivity contribution in [3.8, 4) is 5.75 Å². The zero-order valence-corrected chi connectivity index (χ0v) is 12.4. The maximum absolute atomic E-state index is 6.02. The van der Waals surface area contributed by atoms with E-state index in [1.807, 2.05) is 18.2 Å². The first-order chi connectivity index (χ1) is 9.74. The lowest BCUT2D eigenvalue weighted by Gasteiger charge is -2.27. The highest BCUT2D eigenvalue weighted by Crippen LogP contribution is 2.31. The van der Waals surface area contributed by atoms with Crippen LogP contribution in [0, 0.1) is 5.92 Å². The highest BCUT2D eigenvalue weighted by atomic mass is 16.5. The van der Waals surface area contributed by atoms with Gasteiger partial charge >= 0.3 is 0 Å². The molecular formula is C16H25N3O. The molecule has 0 aliphatic carbocycles. The van der Waals surface area contributed by atoms with Crippen molar-refractivity contribution in [3.05, 3.63) is 29.8 Å². The second-order valence-electron chi connectivity index (χ2n) is 5.28. The zero-order chi connectivity index (χ0) is 14.4. The molecule has 4 heteroatoms. The fraction of sp³-hybridized carbons (Fsp3) is 0.562. The number of para-hydroxylation sites is 1. The number of ether oxygens (including phenoxy) is 1. The molecule has 1 heterocycles. The van der Waals surface area contributed by atoms with Crippen LogP contribution >= 0.6 is 0 Å². The Bertz CT molecular complexity index is 455. The van der Waals surface area contributed by atoms with E-state index in [0.717, 1.165) is 31.6 Å². The van der Waals surface area contributed by atoms with Gasteiger partial charge in [0.15, 0.2) is 5.96 Å². The van der Waals surface area contributed by atoms with Gasteiger partial charge in [0.05, 0.1) is 12.6 Å². The minimum Gasteiger partial charge on any atom is -0.493 e. The largest absolute Gasteiger partial charge is 0.493 e. The summed E-state index contributed by atoms with van der Waals surface area (Å²) in [6, 6.07) is 8.30. The lowest BCUT2D eigenvalue weighted by molar-refractivity contribution is 0.262. The SMILES string of the molecule is CCC(CC)CN=C(N)NC1CCOc2ccccc21. The molecule has 0 bridgehead atoms. The third-order valence-corrected chi connectivity index (χ3v) is 3.96. The summed E-state index contributed by atoms with van der Waals surface area (Å²) in [6.45, 7) is 5.91. The van der Waals surface area contributed by atoms with E-state index in [4.69, 9.17) is 10.5 Å². The third-order valence-electron chi connectivity index (χ3n) is 3.96. The smallest absolute Gasteiger partial charge is 0.189 e. The van der Waals surface area contributed by atoms with E-state index in [-0.39, 0.29) is 6.04 Å². The van der Waals surface area contributed by atoms with Crippen LogP contribution in [0.4, 0.5) is 0 Å². The molecule has 110 valence electrons. The summed E-state index contributed by atoms with van der Waals surface area (Å²) in [4.78, 5) is 4.48. The molecule has 1 aromatic carbocycles. The average Bonchev–Trinajstić information content (AvgIpc) is 2.49. The molecule has 0 saturated carbocycles. The maximum atomic E-state index is 6.02. The predicted molar refractivity (Wildman–Crippen MR) is 83.0 cm³/mol. The summed E-state index contributed by atoms with van der Waals surface area (Å²) in [5.74, 6) is 2.11. The molecule has 0 saturated heterocycles. The molecule has 0 radical (unpaired) electrons. The van der Waals surface area contributed by atoms with E-state index < -0.39 is 0 Å².